The molecule has 2 rings (SSSR count). The molecule has 0 aromatic heterocycles. The maximum Gasteiger partial charge on any atom is 0.0615 e. The smallest absolute Gasteiger partial charge is 0.0615 e. The van der Waals surface area contributed by atoms with Crippen molar-refractivity contribution in [3.63, 3.8) is 0 Å². The van der Waals surface area contributed by atoms with Gasteiger partial charge >= 0.3 is 0 Å². The molecule has 0 heterocycles. The lowest BCUT2D eigenvalue weighted by Crippen LogP contribution is -2.55. The molecule has 112 valence electrons. The third kappa shape index (κ3) is 4.42. The summed E-state index contributed by atoms with van der Waals surface area (Å²) in [6.45, 7) is 6.10. The fourth-order valence-electron chi connectivity index (χ4n) is 3.08. The number of nitrogens with one attached hydrogen (secondary N) is 1. The van der Waals surface area contributed by atoms with E-state index >= 15 is 0 Å². The van der Waals surface area contributed by atoms with Crippen LogP contribution in [0.4, 0.5) is 0 Å². The van der Waals surface area contributed by atoms with Crippen molar-refractivity contribution in [2.45, 2.75) is 50.7 Å². The first kappa shape index (κ1) is 15.2. The van der Waals surface area contributed by atoms with Crippen molar-refractivity contribution in [2.75, 3.05) is 40.5 Å². The van der Waals surface area contributed by atoms with Crippen LogP contribution in [0.25, 0.3) is 0 Å². The lowest BCUT2D eigenvalue weighted by atomic mass is 9.77. The molecule has 19 heavy (non-hydrogen) atoms. The van der Waals surface area contributed by atoms with Gasteiger partial charge in [-0.2, -0.15) is 0 Å². The average Bonchev–Trinajstić information content (AvgIpc) is 3.17. The van der Waals surface area contributed by atoms with Gasteiger partial charge in [-0.15, -0.1) is 0 Å². The van der Waals surface area contributed by atoms with Gasteiger partial charge in [-0.1, -0.05) is 0 Å². The Morgan fingerprint density at radius 3 is 2.47 bits per heavy atom. The zero-order chi connectivity index (χ0) is 13.7. The second-order valence-corrected chi connectivity index (χ2v) is 6.12. The predicted octanol–water partition coefficient (Wildman–Crippen LogP) is 1.50. The van der Waals surface area contributed by atoms with E-state index in [1.54, 1.807) is 14.2 Å². The van der Waals surface area contributed by atoms with Gasteiger partial charge in [0.15, 0.2) is 0 Å². The molecule has 3 atom stereocenters. The minimum Gasteiger partial charge on any atom is -0.383 e. The van der Waals surface area contributed by atoms with E-state index in [1.807, 2.05) is 0 Å². The highest BCUT2D eigenvalue weighted by atomic mass is 16.5. The summed E-state index contributed by atoms with van der Waals surface area (Å²) >= 11 is 0. The first-order chi connectivity index (χ1) is 9.26. The van der Waals surface area contributed by atoms with Crippen LogP contribution < -0.4 is 5.32 Å². The molecule has 3 unspecified atom stereocenters. The van der Waals surface area contributed by atoms with Crippen LogP contribution in [0, 0.1) is 5.92 Å². The van der Waals surface area contributed by atoms with Crippen LogP contribution in [0.5, 0.6) is 0 Å². The second kappa shape index (κ2) is 7.58. The molecule has 0 aromatic rings. The summed E-state index contributed by atoms with van der Waals surface area (Å²) < 4.78 is 10.6. The minimum atomic E-state index is 0.480. The average molecular weight is 270 g/mol. The summed E-state index contributed by atoms with van der Waals surface area (Å²) in [6, 6.07) is 2.02. The van der Waals surface area contributed by atoms with Crippen molar-refractivity contribution in [3.8, 4) is 0 Å². The highest BCUT2D eigenvalue weighted by Crippen LogP contribution is 2.33. The Morgan fingerprint density at radius 2 is 1.95 bits per heavy atom. The Kier molecular flexibility index (Phi) is 6.07. The van der Waals surface area contributed by atoms with Crippen LogP contribution in [-0.4, -0.2) is 63.5 Å². The van der Waals surface area contributed by atoms with E-state index in [0.29, 0.717) is 12.1 Å². The SMILES string of the molecule is COCCN(C(C)COC)C1CCC1CNC1CC1. The lowest BCUT2D eigenvalue weighted by Gasteiger charge is -2.47. The van der Waals surface area contributed by atoms with E-state index in [1.165, 1.54) is 32.2 Å². The van der Waals surface area contributed by atoms with Crippen molar-refractivity contribution in [2.24, 2.45) is 5.92 Å². The topological polar surface area (TPSA) is 33.7 Å². The molecular formula is C15H30N2O2. The van der Waals surface area contributed by atoms with Gasteiger partial charge in [0, 0.05) is 38.9 Å². The number of nitrogens with zero attached hydrogens (tertiary/aromatic N) is 1. The molecule has 0 spiro atoms. The van der Waals surface area contributed by atoms with E-state index in [9.17, 15) is 0 Å². The fraction of sp³-hybridized carbons (Fsp3) is 1.00. The fourth-order valence-corrected chi connectivity index (χ4v) is 3.08. The van der Waals surface area contributed by atoms with Gasteiger partial charge in [0.25, 0.3) is 0 Å². The molecule has 2 aliphatic carbocycles. The molecule has 0 aromatic carbocycles. The molecule has 1 N–H and O–H groups in total. The number of hydrogen-bond acceptors (Lipinski definition) is 4. The molecule has 0 bridgehead atoms. The van der Waals surface area contributed by atoms with Gasteiger partial charge in [0.1, 0.15) is 0 Å². The maximum absolute atomic E-state index is 5.33. The second-order valence-electron chi connectivity index (χ2n) is 6.12. The monoisotopic (exact) mass is 270 g/mol. The van der Waals surface area contributed by atoms with Crippen molar-refractivity contribution in [1.82, 2.24) is 10.2 Å². The van der Waals surface area contributed by atoms with E-state index in [4.69, 9.17) is 9.47 Å². The van der Waals surface area contributed by atoms with Crippen molar-refractivity contribution >= 4 is 0 Å². The van der Waals surface area contributed by atoms with E-state index in [0.717, 1.165) is 31.7 Å². The molecule has 2 fully saturated rings. The summed E-state index contributed by atoms with van der Waals surface area (Å²) in [5, 5.41) is 3.68. The van der Waals surface area contributed by atoms with Crippen LogP contribution in [0.1, 0.15) is 32.6 Å². The number of hydrogen-bond donors (Lipinski definition) is 1. The Bertz CT molecular complexity index is 259. The van der Waals surface area contributed by atoms with Crippen LogP contribution >= 0.6 is 0 Å². The zero-order valence-electron chi connectivity index (χ0n) is 12.7. The first-order valence-corrected chi connectivity index (χ1v) is 7.73. The summed E-state index contributed by atoms with van der Waals surface area (Å²) in [7, 11) is 3.57. The third-order valence-corrected chi connectivity index (χ3v) is 4.58. The first-order valence-electron chi connectivity index (χ1n) is 7.73. The van der Waals surface area contributed by atoms with Crippen LogP contribution in [0.2, 0.25) is 0 Å². The molecule has 0 aliphatic heterocycles. The summed E-state index contributed by atoms with van der Waals surface area (Å²) in [5.74, 6) is 0.816. The van der Waals surface area contributed by atoms with Gasteiger partial charge in [-0.25, -0.2) is 0 Å². The molecule has 0 saturated heterocycles. The molecule has 0 amide bonds. The number of methoxy groups -OCH3 is 2. The highest BCUT2D eigenvalue weighted by molar-refractivity contribution is 4.93. The molecular weight excluding hydrogens is 240 g/mol. The van der Waals surface area contributed by atoms with Crippen molar-refractivity contribution < 1.29 is 9.47 Å². The van der Waals surface area contributed by atoms with Crippen LogP contribution in [-0.2, 0) is 9.47 Å². The number of rotatable bonds is 10. The molecule has 4 heteroatoms. The quantitative estimate of drug-likeness (QED) is 0.652. The number of ether oxygens (including phenoxy) is 2. The summed E-state index contributed by atoms with van der Waals surface area (Å²) in [4.78, 5) is 2.59. The lowest BCUT2D eigenvalue weighted by molar-refractivity contribution is -0.00944. The Hall–Kier alpha value is -0.160. The molecule has 4 nitrogen and oxygen atoms in total. The largest absolute Gasteiger partial charge is 0.383 e. The molecule has 0 radical (unpaired) electrons. The minimum absolute atomic E-state index is 0.480. The Morgan fingerprint density at radius 1 is 1.16 bits per heavy atom. The van der Waals surface area contributed by atoms with E-state index < -0.39 is 0 Å². The van der Waals surface area contributed by atoms with Crippen LogP contribution in [0.3, 0.4) is 0 Å². The van der Waals surface area contributed by atoms with E-state index in [2.05, 4.69) is 17.1 Å². The maximum atomic E-state index is 5.33. The third-order valence-electron chi connectivity index (χ3n) is 4.58. The van der Waals surface area contributed by atoms with Crippen molar-refractivity contribution in [3.05, 3.63) is 0 Å². The van der Waals surface area contributed by atoms with E-state index in [-0.39, 0.29) is 0 Å². The van der Waals surface area contributed by atoms with Crippen molar-refractivity contribution in [1.29, 1.82) is 0 Å². The Labute approximate surface area is 117 Å². The van der Waals surface area contributed by atoms with Crippen LogP contribution in [0.15, 0.2) is 0 Å². The zero-order valence-corrected chi connectivity index (χ0v) is 12.7. The highest BCUT2D eigenvalue weighted by Gasteiger charge is 2.37. The van der Waals surface area contributed by atoms with Gasteiger partial charge in [0.05, 0.1) is 13.2 Å². The molecule has 2 aliphatic rings. The Balaban J connectivity index is 1.80. The summed E-state index contributed by atoms with van der Waals surface area (Å²) in [6.07, 6.45) is 5.46. The summed E-state index contributed by atoms with van der Waals surface area (Å²) in [5.41, 5.74) is 0. The normalized spacial score (nSPS) is 28.4. The van der Waals surface area contributed by atoms with Gasteiger partial charge in [0.2, 0.25) is 0 Å². The van der Waals surface area contributed by atoms with Gasteiger partial charge < -0.3 is 14.8 Å². The molecule has 2 saturated carbocycles. The van der Waals surface area contributed by atoms with Gasteiger partial charge in [-0.05, 0) is 45.1 Å². The standard InChI is InChI=1S/C15H30N2O2/c1-12(11-19-3)17(8-9-18-2)15-7-4-13(15)10-16-14-5-6-14/h12-16H,4-11H2,1-3H3. The predicted molar refractivity (Wildman–Crippen MR) is 77.5 cm³/mol. The van der Waals surface area contributed by atoms with Gasteiger partial charge in [-0.3, -0.25) is 4.90 Å².